The monoisotopic (exact) mass is 140 g/mol. The molecule has 0 saturated carbocycles. The van der Waals surface area contributed by atoms with Crippen molar-refractivity contribution in [3.05, 3.63) is 0 Å². The second kappa shape index (κ2) is 4.32. The largest absolute Gasteiger partial charge is 0.353 e. The lowest BCUT2D eigenvalue weighted by molar-refractivity contribution is -0.109. The van der Waals surface area contributed by atoms with Crippen molar-refractivity contribution in [3.8, 4) is 12.3 Å². The van der Waals surface area contributed by atoms with Gasteiger partial charge >= 0.3 is 0 Å². The molecule has 2 heteroatoms. The van der Waals surface area contributed by atoms with E-state index in [0.717, 1.165) is 19.4 Å². The molecule has 1 saturated heterocycles. The van der Waals surface area contributed by atoms with Crippen molar-refractivity contribution in [2.24, 2.45) is 0 Å². The zero-order valence-electron chi connectivity index (χ0n) is 6.01. The fourth-order valence-electron chi connectivity index (χ4n) is 0.929. The Balaban J connectivity index is 1.97. The molecule has 0 aromatic heterocycles. The molecule has 56 valence electrons. The first-order valence-electron chi connectivity index (χ1n) is 3.60. The lowest BCUT2D eigenvalue weighted by Crippen LogP contribution is -2.10. The van der Waals surface area contributed by atoms with E-state index in [2.05, 4.69) is 5.92 Å². The van der Waals surface area contributed by atoms with Gasteiger partial charge in [0.25, 0.3) is 0 Å². The van der Waals surface area contributed by atoms with Gasteiger partial charge < -0.3 is 9.47 Å². The van der Waals surface area contributed by atoms with Crippen LogP contribution in [0, 0.1) is 12.3 Å². The van der Waals surface area contributed by atoms with Crippen LogP contribution in [0.1, 0.15) is 19.3 Å². The van der Waals surface area contributed by atoms with Crippen LogP contribution in [-0.2, 0) is 9.47 Å². The minimum Gasteiger partial charge on any atom is -0.353 e. The molecule has 1 rings (SSSR count). The minimum absolute atomic E-state index is 0.0216. The Morgan fingerprint density at radius 2 is 2.60 bits per heavy atom. The highest BCUT2D eigenvalue weighted by Gasteiger charge is 2.14. The van der Waals surface area contributed by atoms with Gasteiger partial charge in [-0.25, -0.2) is 0 Å². The van der Waals surface area contributed by atoms with Gasteiger partial charge in [0, 0.05) is 19.4 Å². The van der Waals surface area contributed by atoms with E-state index >= 15 is 0 Å². The number of rotatable bonds is 3. The van der Waals surface area contributed by atoms with E-state index in [1.807, 2.05) is 0 Å². The summed E-state index contributed by atoms with van der Waals surface area (Å²) in [7, 11) is 0. The summed E-state index contributed by atoms with van der Waals surface area (Å²) in [5.74, 6) is 2.51. The Hall–Kier alpha value is -0.520. The standard InChI is InChI=1S/C8H12O2/c1-2-3-6-9-8-5-4-7-10-8/h1,8H,3-7H2. The number of hydrogen-bond donors (Lipinski definition) is 0. The smallest absolute Gasteiger partial charge is 0.157 e. The van der Waals surface area contributed by atoms with Crippen molar-refractivity contribution in [1.29, 1.82) is 0 Å². The van der Waals surface area contributed by atoms with Gasteiger partial charge in [0.05, 0.1) is 6.61 Å². The molecule has 0 N–H and O–H groups in total. The molecule has 1 aliphatic heterocycles. The van der Waals surface area contributed by atoms with E-state index in [1.54, 1.807) is 0 Å². The third kappa shape index (κ3) is 2.38. The molecule has 0 aromatic rings. The van der Waals surface area contributed by atoms with Crippen LogP contribution in [0.2, 0.25) is 0 Å². The first-order valence-corrected chi connectivity index (χ1v) is 3.60. The minimum atomic E-state index is 0.0216. The van der Waals surface area contributed by atoms with Crippen molar-refractivity contribution in [3.63, 3.8) is 0 Å². The van der Waals surface area contributed by atoms with Crippen molar-refractivity contribution < 1.29 is 9.47 Å². The molecule has 0 amide bonds. The molecular formula is C8H12O2. The second-order valence-corrected chi connectivity index (χ2v) is 2.27. The Morgan fingerprint density at radius 3 is 3.20 bits per heavy atom. The van der Waals surface area contributed by atoms with Gasteiger partial charge in [-0.2, -0.15) is 0 Å². The Bertz CT molecular complexity index is 120. The van der Waals surface area contributed by atoms with Crippen LogP contribution < -0.4 is 0 Å². The summed E-state index contributed by atoms with van der Waals surface area (Å²) in [6.07, 6.45) is 7.87. The summed E-state index contributed by atoms with van der Waals surface area (Å²) in [4.78, 5) is 0. The zero-order valence-corrected chi connectivity index (χ0v) is 6.01. The SMILES string of the molecule is C#CCCOC1CCCO1. The van der Waals surface area contributed by atoms with Gasteiger partial charge in [-0.05, 0) is 6.42 Å². The summed E-state index contributed by atoms with van der Waals surface area (Å²) in [6.45, 7) is 1.46. The Morgan fingerprint density at radius 1 is 1.70 bits per heavy atom. The molecule has 0 radical (unpaired) electrons. The molecule has 0 aliphatic carbocycles. The molecule has 0 spiro atoms. The maximum Gasteiger partial charge on any atom is 0.157 e. The van der Waals surface area contributed by atoms with Gasteiger partial charge in [0.1, 0.15) is 0 Å². The zero-order chi connectivity index (χ0) is 7.23. The fraction of sp³-hybridized carbons (Fsp3) is 0.750. The van der Waals surface area contributed by atoms with Gasteiger partial charge in [-0.15, -0.1) is 12.3 Å². The van der Waals surface area contributed by atoms with Crippen LogP contribution in [0.25, 0.3) is 0 Å². The summed E-state index contributed by atoms with van der Waals surface area (Å²) < 4.78 is 10.5. The quantitative estimate of drug-likeness (QED) is 0.432. The van der Waals surface area contributed by atoms with Crippen LogP contribution in [0.5, 0.6) is 0 Å². The van der Waals surface area contributed by atoms with Crippen LogP contribution in [0.4, 0.5) is 0 Å². The first kappa shape index (κ1) is 7.59. The maximum atomic E-state index is 5.28. The van der Waals surface area contributed by atoms with Gasteiger partial charge in [-0.1, -0.05) is 0 Å². The van der Waals surface area contributed by atoms with Crippen molar-refractivity contribution in [2.45, 2.75) is 25.6 Å². The van der Waals surface area contributed by atoms with Crippen molar-refractivity contribution in [1.82, 2.24) is 0 Å². The lowest BCUT2D eigenvalue weighted by atomic mass is 10.4. The summed E-state index contributed by atoms with van der Waals surface area (Å²) in [6, 6.07) is 0. The molecule has 0 bridgehead atoms. The number of terminal acetylenes is 1. The molecular weight excluding hydrogens is 128 g/mol. The summed E-state index contributed by atoms with van der Waals surface area (Å²) in [5.41, 5.74) is 0. The fourth-order valence-corrected chi connectivity index (χ4v) is 0.929. The van der Waals surface area contributed by atoms with E-state index in [4.69, 9.17) is 15.9 Å². The van der Waals surface area contributed by atoms with Crippen LogP contribution >= 0.6 is 0 Å². The predicted octanol–water partition coefficient (Wildman–Crippen LogP) is 1.16. The molecule has 1 heterocycles. The van der Waals surface area contributed by atoms with E-state index in [-0.39, 0.29) is 6.29 Å². The molecule has 1 fully saturated rings. The van der Waals surface area contributed by atoms with Crippen molar-refractivity contribution >= 4 is 0 Å². The predicted molar refractivity (Wildman–Crippen MR) is 38.4 cm³/mol. The van der Waals surface area contributed by atoms with E-state index in [9.17, 15) is 0 Å². The van der Waals surface area contributed by atoms with Crippen LogP contribution in [0.3, 0.4) is 0 Å². The number of hydrogen-bond acceptors (Lipinski definition) is 2. The second-order valence-electron chi connectivity index (χ2n) is 2.27. The van der Waals surface area contributed by atoms with E-state index < -0.39 is 0 Å². The van der Waals surface area contributed by atoms with Crippen molar-refractivity contribution in [2.75, 3.05) is 13.2 Å². The normalized spacial score (nSPS) is 24.5. The molecule has 1 unspecified atom stereocenters. The van der Waals surface area contributed by atoms with Crippen LogP contribution in [-0.4, -0.2) is 19.5 Å². The van der Waals surface area contributed by atoms with Crippen LogP contribution in [0.15, 0.2) is 0 Å². The maximum absolute atomic E-state index is 5.28. The molecule has 2 nitrogen and oxygen atoms in total. The average Bonchev–Trinajstić information content (AvgIpc) is 2.41. The van der Waals surface area contributed by atoms with Gasteiger partial charge in [0.2, 0.25) is 0 Å². The number of ether oxygens (including phenoxy) is 2. The third-order valence-corrected chi connectivity index (χ3v) is 1.44. The van der Waals surface area contributed by atoms with E-state index in [1.165, 1.54) is 0 Å². The molecule has 1 aliphatic rings. The topological polar surface area (TPSA) is 18.5 Å². The van der Waals surface area contributed by atoms with Gasteiger partial charge in [0.15, 0.2) is 6.29 Å². The highest BCUT2D eigenvalue weighted by Crippen LogP contribution is 2.12. The van der Waals surface area contributed by atoms with Gasteiger partial charge in [-0.3, -0.25) is 0 Å². The Kier molecular flexibility index (Phi) is 3.28. The highest BCUT2D eigenvalue weighted by atomic mass is 16.7. The molecule has 0 aromatic carbocycles. The summed E-state index contributed by atoms with van der Waals surface area (Å²) in [5, 5.41) is 0. The first-order chi connectivity index (χ1) is 4.93. The highest BCUT2D eigenvalue weighted by molar-refractivity contribution is 4.82. The third-order valence-electron chi connectivity index (χ3n) is 1.44. The lowest BCUT2D eigenvalue weighted by Gasteiger charge is -2.08. The Labute approximate surface area is 61.5 Å². The summed E-state index contributed by atoms with van der Waals surface area (Å²) >= 11 is 0. The average molecular weight is 140 g/mol. The molecule has 1 atom stereocenters. The molecule has 10 heavy (non-hydrogen) atoms. The van der Waals surface area contributed by atoms with E-state index in [0.29, 0.717) is 13.0 Å².